The normalized spacial score (nSPS) is 28.4. The quantitative estimate of drug-likeness (QED) is 0.609. The van der Waals surface area contributed by atoms with Gasteiger partial charge in [-0.1, -0.05) is 25.0 Å². The highest BCUT2D eigenvalue weighted by molar-refractivity contribution is 5.79. The summed E-state index contributed by atoms with van der Waals surface area (Å²) >= 11 is 0. The molecule has 1 heteroatoms. The Hall–Kier alpha value is -0.590. The SMILES string of the molecule is CCC[C@H]1CC(C)=CC[C@@H]1C(C)=O. The van der Waals surface area contributed by atoms with Gasteiger partial charge < -0.3 is 0 Å². The van der Waals surface area contributed by atoms with Gasteiger partial charge in [-0.05, 0) is 39.0 Å². The number of carbonyl (C=O) groups excluding carboxylic acids is 1. The van der Waals surface area contributed by atoms with Crippen LogP contribution >= 0.6 is 0 Å². The maximum Gasteiger partial charge on any atom is 0.133 e. The highest BCUT2D eigenvalue weighted by Crippen LogP contribution is 2.33. The van der Waals surface area contributed by atoms with E-state index in [0.717, 1.165) is 12.8 Å². The fraction of sp³-hybridized carbons (Fsp3) is 0.750. The average Bonchev–Trinajstić information content (AvgIpc) is 2.04. The van der Waals surface area contributed by atoms with Crippen LogP contribution in [0, 0.1) is 11.8 Å². The maximum atomic E-state index is 11.4. The van der Waals surface area contributed by atoms with Crippen LogP contribution in [0.5, 0.6) is 0 Å². The minimum atomic E-state index is 0.309. The van der Waals surface area contributed by atoms with Crippen molar-refractivity contribution >= 4 is 5.78 Å². The van der Waals surface area contributed by atoms with Gasteiger partial charge in [-0.2, -0.15) is 0 Å². The molecule has 1 rings (SSSR count). The second-order valence-corrected chi connectivity index (χ2v) is 4.26. The van der Waals surface area contributed by atoms with Gasteiger partial charge in [-0.15, -0.1) is 0 Å². The molecule has 0 N–H and O–H groups in total. The van der Waals surface area contributed by atoms with E-state index in [1.807, 2.05) is 0 Å². The number of hydrogen-bond acceptors (Lipinski definition) is 1. The number of carbonyl (C=O) groups is 1. The third kappa shape index (κ3) is 2.68. The van der Waals surface area contributed by atoms with Crippen molar-refractivity contribution in [1.29, 1.82) is 0 Å². The molecular weight excluding hydrogens is 160 g/mol. The lowest BCUT2D eigenvalue weighted by Gasteiger charge is -2.28. The molecule has 0 radical (unpaired) electrons. The third-order valence-electron chi connectivity index (χ3n) is 3.06. The smallest absolute Gasteiger partial charge is 0.133 e. The highest BCUT2D eigenvalue weighted by Gasteiger charge is 2.26. The lowest BCUT2D eigenvalue weighted by Crippen LogP contribution is -2.24. The van der Waals surface area contributed by atoms with E-state index in [2.05, 4.69) is 19.9 Å². The number of ketones is 1. The van der Waals surface area contributed by atoms with E-state index in [-0.39, 0.29) is 0 Å². The van der Waals surface area contributed by atoms with Crippen LogP contribution in [-0.4, -0.2) is 5.78 Å². The molecule has 2 atom stereocenters. The molecule has 1 aliphatic carbocycles. The second-order valence-electron chi connectivity index (χ2n) is 4.26. The van der Waals surface area contributed by atoms with Crippen LogP contribution in [0.25, 0.3) is 0 Å². The molecule has 0 aromatic rings. The van der Waals surface area contributed by atoms with Crippen LogP contribution in [0.1, 0.15) is 46.5 Å². The number of rotatable bonds is 3. The molecule has 0 spiro atoms. The molecule has 0 bridgehead atoms. The molecule has 0 unspecified atom stereocenters. The first-order valence-electron chi connectivity index (χ1n) is 5.31. The molecule has 0 heterocycles. The van der Waals surface area contributed by atoms with Gasteiger partial charge in [0.1, 0.15) is 5.78 Å². The zero-order chi connectivity index (χ0) is 9.84. The van der Waals surface area contributed by atoms with E-state index in [1.54, 1.807) is 6.92 Å². The molecular formula is C12H20O. The van der Waals surface area contributed by atoms with Gasteiger partial charge in [-0.3, -0.25) is 4.79 Å². The van der Waals surface area contributed by atoms with Crippen LogP contribution in [-0.2, 0) is 4.79 Å². The summed E-state index contributed by atoms with van der Waals surface area (Å²) in [7, 11) is 0. The first-order valence-corrected chi connectivity index (χ1v) is 5.31. The van der Waals surface area contributed by atoms with E-state index in [9.17, 15) is 4.79 Å². The first-order chi connectivity index (χ1) is 6.15. The minimum Gasteiger partial charge on any atom is -0.300 e. The Balaban J connectivity index is 2.65. The zero-order valence-corrected chi connectivity index (χ0v) is 8.97. The standard InChI is InChI=1S/C12H20O/c1-4-5-11-8-9(2)6-7-12(11)10(3)13/h6,11-12H,4-5,7-8H2,1-3H3/t11-,12+/m0/s1. The van der Waals surface area contributed by atoms with E-state index < -0.39 is 0 Å². The average molecular weight is 180 g/mol. The number of allylic oxidation sites excluding steroid dienone is 2. The van der Waals surface area contributed by atoms with Gasteiger partial charge in [0.15, 0.2) is 0 Å². The highest BCUT2D eigenvalue weighted by atomic mass is 16.1. The summed E-state index contributed by atoms with van der Waals surface area (Å²) in [4.78, 5) is 11.4. The lowest BCUT2D eigenvalue weighted by atomic mass is 9.76. The third-order valence-corrected chi connectivity index (χ3v) is 3.06. The fourth-order valence-electron chi connectivity index (χ4n) is 2.33. The summed E-state index contributed by atoms with van der Waals surface area (Å²) in [5.41, 5.74) is 1.47. The van der Waals surface area contributed by atoms with Gasteiger partial charge in [0, 0.05) is 5.92 Å². The topological polar surface area (TPSA) is 17.1 Å². The summed E-state index contributed by atoms with van der Waals surface area (Å²) in [5, 5.41) is 0. The molecule has 0 amide bonds. The summed E-state index contributed by atoms with van der Waals surface area (Å²) in [6.45, 7) is 6.12. The van der Waals surface area contributed by atoms with Crippen LogP contribution in [0.15, 0.2) is 11.6 Å². The van der Waals surface area contributed by atoms with Crippen molar-refractivity contribution in [2.24, 2.45) is 11.8 Å². The Labute approximate surface area is 81.2 Å². The van der Waals surface area contributed by atoms with Crippen LogP contribution in [0.3, 0.4) is 0 Å². The Morgan fingerprint density at radius 2 is 2.31 bits per heavy atom. The summed E-state index contributed by atoms with van der Waals surface area (Å²) < 4.78 is 0. The van der Waals surface area contributed by atoms with Crippen molar-refractivity contribution < 1.29 is 4.79 Å². The first kappa shape index (κ1) is 10.5. The van der Waals surface area contributed by atoms with E-state index >= 15 is 0 Å². The number of Topliss-reactive ketones (excluding diaryl/α,β-unsaturated/α-hetero) is 1. The molecule has 0 saturated heterocycles. The van der Waals surface area contributed by atoms with Crippen molar-refractivity contribution in [2.45, 2.75) is 46.5 Å². The van der Waals surface area contributed by atoms with Crippen molar-refractivity contribution in [3.8, 4) is 0 Å². The molecule has 1 nitrogen and oxygen atoms in total. The molecule has 0 aromatic carbocycles. The Kier molecular flexibility index (Phi) is 3.71. The maximum absolute atomic E-state index is 11.4. The van der Waals surface area contributed by atoms with Crippen LogP contribution < -0.4 is 0 Å². The van der Waals surface area contributed by atoms with E-state index in [0.29, 0.717) is 17.6 Å². The van der Waals surface area contributed by atoms with Crippen molar-refractivity contribution in [2.75, 3.05) is 0 Å². The monoisotopic (exact) mass is 180 g/mol. The molecule has 1 aliphatic rings. The zero-order valence-electron chi connectivity index (χ0n) is 8.97. The molecule has 0 aliphatic heterocycles. The molecule has 74 valence electrons. The summed E-state index contributed by atoms with van der Waals surface area (Å²) in [5.74, 6) is 1.30. The van der Waals surface area contributed by atoms with Gasteiger partial charge in [-0.25, -0.2) is 0 Å². The molecule has 0 fully saturated rings. The minimum absolute atomic E-state index is 0.309. The Morgan fingerprint density at radius 1 is 1.62 bits per heavy atom. The second kappa shape index (κ2) is 4.59. The van der Waals surface area contributed by atoms with Gasteiger partial charge >= 0.3 is 0 Å². The van der Waals surface area contributed by atoms with Crippen molar-refractivity contribution in [3.63, 3.8) is 0 Å². The summed E-state index contributed by atoms with van der Waals surface area (Å²) in [6, 6.07) is 0. The van der Waals surface area contributed by atoms with Crippen molar-refractivity contribution in [1.82, 2.24) is 0 Å². The fourth-order valence-corrected chi connectivity index (χ4v) is 2.33. The van der Waals surface area contributed by atoms with Gasteiger partial charge in [0.2, 0.25) is 0 Å². The lowest BCUT2D eigenvalue weighted by molar-refractivity contribution is -0.122. The van der Waals surface area contributed by atoms with E-state index in [1.165, 1.54) is 18.4 Å². The van der Waals surface area contributed by atoms with Gasteiger partial charge in [0.25, 0.3) is 0 Å². The number of hydrogen-bond donors (Lipinski definition) is 0. The predicted molar refractivity (Wildman–Crippen MR) is 55.6 cm³/mol. The van der Waals surface area contributed by atoms with Crippen molar-refractivity contribution in [3.05, 3.63) is 11.6 Å². The molecule has 0 saturated carbocycles. The predicted octanol–water partition coefficient (Wildman–Crippen LogP) is 3.35. The van der Waals surface area contributed by atoms with Crippen LogP contribution in [0.4, 0.5) is 0 Å². The summed E-state index contributed by atoms with van der Waals surface area (Å²) in [6.07, 6.45) is 6.75. The van der Waals surface area contributed by atoms with E-state index in [4.69, 9.17) is 0 Å². The Bertz CT molecular complexity index is 215. The largest absolute Gasteiger partial charge is 0.300 e. The van der Waals surface area contributed by atoms with Crippen LogP contribution in [0.2, 0.25) is 0 Å². The molecule has 13 heavy (non-hydrogen) atoms. The Morgan fingerprint density at radius 3 is 2.85 bits per heavy atom. The van der Waals surface area contributed by atoms with Gasteiger partial charge in [0.05, 0.1) is 0 Å². The molecule has 0 aromatic heterocycles.